The molecule has 3 aliphatic heterocycles. The maximum absolute atomic E-state index is 13.6. The molecule has 0 spiro atoms. The molecule has 0 radical (unpaired) electrons. The smallest absolute Gasteiger partial charge is 0.268 e. The van der Waals surface area contributed by atoms with Gasteiger partial charge in [0.2, 0.25) is 17.7 Å². The molecular weight excluding hydrogens is 410 g/mol. The van der Waals surface area contributed by atoms with E-state index in [1.165, 1.54) is 0 Å². The number of aliphatic hydroxyl groups excluding tert-OH is 1. The topological polar surface area (TPSA) is 114 Å². The summed E-state index contributed by atoms with van der Waals surface area (Å²) in [6.45, 7) is -0.148. The third-order valence-corrected chi connectivity index (χ3v) is 6.16. The zero-order valence-electron chi connectivity index (χ0n) is 16.7. The molecule has 164 valence electrons. The van der Waals surface area contributed by atoms with Crippen LogP contribution in [-0.4, -0.2) is 57.2 Å². The maximum atomic E-state index is 13.6. The predicted molar refractivity (Wildman–Crippen MR) is 102 cm³/mol. The lowest BCUT2D eigenvalue weighted by Crippen LogP contribution is -2.46. The van der Waals surface area contributed by atoms with Crippen molar-refractivity contribution in [2.24, 2.45) is 5.92 Å². The van der Waals surface area contributed by atoms with Gasteiger partial charge in [-0.2, -0.15) is 5.26 Å². The second kappa shape index (κ2) is 7.89. The van der Waals surface area contributed by atoms with Crippen molar-refractivity contribution in [1.82, 2.24) is 15.1 Å². The lowest BCUT2D eigenvalue weighted by atomic mass is 9.99. The fraction of sp³-hybridized carbons (Fsp3) is 0.524. The van der Waals surface area contributed by atoms with E-state index in [0.29, 0.717) is 13.1 Å². The second-order valence-corrected chi connectivity index (χ2v) is 8.38. The number of hydrogen-bond donors (Lipinski definition) is 2. The minimum absolute atomic E-state index is 0.0269. The summed E-state index contributed by atoms with van der Waals surface area (Å²) >= 11 is 0. The molecule has 3 heterocycles. The number of aliphatic hydroxyl groups is 1. The molecule has 2 N–H and O–H groups in total. The summed E-state index contributed by atoms with van der Waals surface area (Å²) in [4.78, 5) is 40.2. The first kappa shape index (κ1) is 21.2. The molecular formula is C21H22F2N4O4. The number of benzene rings is 1. The van der Waals surface area contributed by atoms with Crippen LogP contribution >= 0.6 is 0 Å². The summed E-state index contributed by atoms with van der Waals surface area (Å²) in [6.07, 6.45) is -0.779. The molecule has 31 heavy (non-hydrogen) atoms. The van der Waals surface area contributed by atoms with Crippen molar-refractivity contribution in [3.63, 3.8) is 0 Å². The van der Waals surface area contributed by atoms with Crippen LogP contribution in [0.4, 0.5) is 8.78 Å². The number of nitrogens with zero attached hydrogens (tertiary/aromatic N) is 3. The van der Waals surface area contributed by atoms with Gasteiger partial charge in [0, 0.05) is 31.8 Å². The first-order valence-corrected chi connectivity index (χ1v) is 10.1. The molecule has 8 nitrogen and oxygen atoms in total. The van der Waals surface area contributed by atoms with Crippen molar-refractivity contribution < 1.29 is 28.3 Å². The van der Waals surface area contributed by atoms with E-state index in [1.807, 2.05) is 12.1 Å². The average molecular weight is 432 g/mol. The number of amides is 3. The number of carbonyl (C=O) groups excluding carboxylic acids is 3. The van der Waals surface area contributed by atoms with Crippen molar-refractivity contribution in [2.75, 3.05) is 6.54 Å². The predicted octanol–water partition coefficient (Wildman–Crippen LogP) is 0.676. The van der Waals surface area contributed by atoms with Crippen molar-refractivity contribution in [3.05, 3.63) is 34.9 Å². The Balaban J connectivity index is 1.36. The molecule has 0 bridgehead atoms. The van der Waals surface area contributed by atoms with Crippen LogP contribution in [0, 0.1) is 17.2 Å². The minimum atomic E-state index is -3.13. The molecule has 2 saturated heterocycles. The summed E-state index contributed by atoms with van der Waals surface area (Å²) < 4.78 is 27.3. The van der Waals surface area contributed by atoms with Gasteiger partial charge in [0.25, 0.3) is 5.92 Å². The molecule has 0 saturated carbocycles. The zero-order chi connectivity index (χ0) is 22.3. The van der Waals surface area contributed by atoms with E-state index in [1.54, 1.807) is 17.0 Å². The number of alkyl halides is 2. The lowest BCUT2D eigenvalue weighted by Gasteiger charge is -2.22. The molecule has 3 atom stereocenters. The van der Waals surface area contributed by atoms with E-state index in [0.717, 1.165) is 21.6 Å². The van der Waals surface area contributed by atoms with Crippen LogP contribution in [0.3, 0.4) is 0 Å². The van der Waals surface area contributed by atoms with Crippen LogP contribution in [0.2, 0.25) is 0 Å². The summed E-state index contributed by atoms with van der Waals surface area (Å²) in [7, 11) is 0. The highest BCUT2D eigenvalue weighted by atomic mass is 19.3. The minimum Gasteiger partial charge on any atom is -0.392 e. The van der Waals surface area contributed by atoms with Gasteiger partial charge >= 0.3 is 0 Å². The molecule has 10 heteroatoms. The number of fused-ring (bicyclic) bond motifs is 1. The summed E-state index contributed by atoms with van der Waals surface area (Å²) in [5, 5.41) is 20.8. The van der Waals surface area contributed by atoms with Gasteiger partial charge in [0.05, 0.1) is 19.2 Å². The van der Waals surface area contributed by atoms with Crippen molar-refractivity contribution in [3.8, 4) is 6.07 Å². The van der Waals surface area contributed by atoms with Crippen LogP contribution in [0.5, 0.6) is 0 Å². The number of halogens is 2. The summed E-state index contributed by atoms with van der Waals surface area (Å²) in [6, 6.07) is 4.98. The molecule has 3 aliphatic rings. The van der Waals surface area contributed by atoms with Crippen molar-refractivity contribution >= 4 is 17.7 Å². The van der Waals surface area contributed by atoms with Crippen LogP contribution in [0.15, 0.2) is 18.2 Å². The van der Waals surface area contributed by atoms with E-state index in [-0.39, 0.29) is 25.4 Å². The number of carbonyl (C=O) groups is 3. The third-order valence-electron chi connectivity index (χ3n) is 6.16. The Morgan fingerprint density at radius 1 is 1.29 bits per heavy atom. The highest BCUT2D eigenvalue weighted by Crippen LogP contribution is 2.34. The van der Waals surface area contributed by atoms with Crippen LogP contribution < -0.4 is 5.32 Å². The average Bonchev–Trinajstić information content (AvgIpc) is 3.41. The molecule has 3 amide bonds. The van der Waals surface area contributed by atoms with E-state index in [2.05, 4.69) is 5.32 Å². The Kier molecular flexibility index (Phi) is 5.39. The highest BCUT2D eigenvalue weighted by Gasteiger charge is 2.50. The normalized spacial score (nSPS) is 26.5. The van der Waals surface area contributed by atoms with Gasteiger partial charge in [-0.15, -0.1) is 0 Å². The number of hydrogen-bond acceptors (Lipinski definition) is 5. The molecule has 0 aliphatic carbocycles. The molecule has 1 aromatic rings. The highest BCUT2D eigenvalue weighted by molar-refractivity contribution is 5.94. The monoisotopic (exact) mass is 432 g/mol. The van der Waals surface area contributed by atoms with Crippen LogP contribution in [0.1, 0.15) is 36.0 Å². The Morgan fingerprint density at radius 3 is 2.74 bits per heavy atom. The van der Waals surface area contributed by atoms with Gasteiger partial charge < -0.3 is 20.2 Å². The molecule has 2 fully saturated rings. The number of nitrogens with one attached hydrogen (secondary N) is 1. The maximum Gasteiger partial charge on any atom is 0.268 e. The van der Waals surface area contributed by atoms with Crippen LogP contribution in [-0.2, 0) is 34.1 Å². The first-order chi connectivity index (χ1) is 14.7. The van der Waals surface area contributed by atoms with Gasteiger partial charge in [0.15, 0.2) is 0 Å². The Morgan fingerprint density at radius 2 is 2.03 bits per heavy atom. The first-order valence-electron chi connectivity index (χ1n) is 10.1. The SMILES string of the molecule is N#C[C@@H]1CC(F)(F)CN1C(=O)[C@@H]1C[C@@H](CC(=O)N2Cc3ccc(CO)cc3C2)C(=O)N1. The summed E-state index contributed by atoms with van der Waals surface area (Å²) in [5.74, 6) is -5.28. The number of likely N-dealkylation sites (tertiary alicyclic amines) is 1. The zero-order valence-corrected chi connectivity index (χ0v) is 16.7. The molecule has 0 aromatic heterocycles. The number of rotatable bonds is 4. The van der Waals surface area contributed by atoms with Crippen LogP contribution in [0.25, 0.3) is 0 Å². The van der Waals surface area contributed by atoms with E-state index >= 15 is 0 Å². The molecule has 4 rings (SSSR count). The fourth-order valence-electron chi connectivity index (χ4n) is 4.51. The van der Waals surface area contributed by atoms with Gasteiger partial charge in [-0.1, -0.05) is 18.2 Å². The van der Waals surface area contributed by atoms with E-state index < -0.39 is 48.7 Å². The Labute approximate surface area is 177 Å². The van der Waals surface area contributed by atoms with E-state index in [9.17, 15) is 28.3 Å². The standard InChI is InChI=1S/C21H22F2N4O4/c22-21(23)6-16(7-24)27(11-21)20(31)17-4-14(19(30)25-17)5-18(29)26-8-13-2-1-12(10-28)3-15(13)9-26/h1-3,14,16-17,28H,4-6,8-11H2,(H,25,30)/t14-,16-,17-/m0/s1. The molecule has 0 unspecified atom stereocenters. The third kappa shape index (κ3) is 4.10. The molecule has 1 aromatic carbocycles. The van der Waals surface area contributed by atoms with Crippen molar-refractivity contribution in [2.45, 2.75) is 57.0 Å². The largest absolute Gasteiger partial charge is 0.392 e. The fourth-order valence-corrected chi connectivity index (χ4v) is 4.51. The quantitative estimate of drug-likeness (QED) is 0.726. The Hall–Kier alpha value is -3.06. The van der Waals surface area contributed by atoms with Gasteiger partial charge in [-0.25, -0.2) is 8.78 Å². The van der Waals surface area contributed by atoms with Gasteiger partial charge in [-0.05, 0) is 23.1 Å². The lowest BCUT2D eigenvalue weighted by molar-refractivity contribution is -0.135. The Bertz CT molecular complexity index is 977. The number of nitriles is 1. The van der Waals surface area contributed by atoms with Gasteiger partial charge in [0.1, 0.15) is 12.1 Å². The van der Waals surface area contributed by atoms with Crippen molar-refractivity contribution in [1.29, 1.82) is 5.26 Å². The van der Waals surface area contributed by atoms with Gasteiger partial charge in [-0.3, -0.25) is 14.4 Å². The van der Waals surface area contributed by atoms with E-state index in [4.69, 9.17) is 5.26 Å². The summed E-state index contributed by atoms with van der Waals surface area (Å²) in [5.41, 5.74) is 2.68. The second-order valence-electron chi connectivity index (χ2n) is 8.38.